The van der Waals surface area contributed by atoms with Crippen molar-refractivity contribution in [3.63, 3.8) is 0 Å². The molecule has 1 aliphatic heterocycles. The summed E-state index contributed by atoms with van der Waals surface area (Å²) in [7, 11) is 0. The van der Waals surface area contributed by atoms with Crippen LogP contribution < -0.4 is 10.2 Å². The molecule has 0 bridgehead atoms. The van der Waals surface area contributed by atoms with Crippen LogP contribution >= 0.6 is 12.6 Å². The Morgan fingerprint density at radius 1 is 1.50 bits per heavy atom. The lowest BCUT2D eigenvalue weighted by Crippen LogP contribution is -2.55. The Balaban J connectivity index is 2.03. The fraction of sp³-hybridized carbons (Fsp3) is 0.462. The predicted octanol–water partition coefficient (Wildman–Crippen LogP) is 2.21. The molecule has 1 saturated carbocycles. The van der Waals surface area contributed by atoms with Crippen molar-refractivity contribution in [2.24, 2.45) is 0 Å². The lowest BCUT2D eigenvalue weighted by atomic mass is 9.75. The lowest BCUT2D eigenvalue weighted by molar-refractivity contribution is -0.126. The number of hydrogen-bond acceptors (Lipinski definition) is 3. The minimum Gasteiger partial charge on any atom is -0.328 e. The van der Waals surface area contributed by atoms with Gasteiger partial charge in [-0.05, 0) is 43.9 Å². The van der Waals surface area contributed by atoms with Crippen molar-refractivity contribution in [2.75, 3.05) is 4.90 Å². The summed E-state index contributed by atoms with van der Waals surface area (Å²) in [5.74, 6) is -0.239. The fourth-order valence-electron chi connectivity index (χ4n) is 2.76. The second-order valence-electron chi connectivity index (χ2n) is 5.04. The zero-order valence-corrected chi connectivity index (χ0v) is 11.0. The number of carbonyl (C=O) groups is 1. The van der Waals surface area contributed by atoms with Crippen molar-refractivity contribution in [3.8, 4) is 0 Å². The summed E-state index contributed by atoms with van der Waals surface area (Å²) in [5, 5.41) is 2.82. The summed E-state index contributed by atoms with van der Waals surface area (Å²) >= 11 is 4.39. The fourth-order valence-corrected chi connectivity index (χ4v) is 3.23. The van der Waals surface area contributed by atoms with Crippen LogP contribution in [0, 0.1) is 12.7 Å². The molecule has 0 radical (unpaired) electrons. The van der Waals surface area contributed by atoms with E-state index in [2.05, 4.69) is 17.9 Å². The molecule has 1 spiro atoms. The number of rotatable bonds is 1. The van der Waals surface area contributed by atoms with E-state index in [0.29, 0.717) is 5.56 Å². The molecule has 0 aromatic heterocycles. The van der Waals surface area contributed by atoms with Gasteiger partial charge in [-0.25, -0.2) is 4.39 Å². The second-order valence-corrected chi connectivity index (χ2v) is 5.52. The molecule has 1 unspecified atom stereocenters. The van der Waals surface area contributed by atoms with Crippen LogP contribution in [0.5, 0.6) is 0 Å². The number of nitrogens with zero attached hydrogens (tertiary/aromatic N) is 1. The number of carbonyl (C=O) groups excluding carboxylic acids is 1. The molecule has 1 aromatic carbocycles. The van der Waals surface area contributed by atoms with Gasteiger partial charge in [0.25, 0.3) is 0 Å². The first-order chi connectivity index (χ1) is 8.54. The van der Waals surface area contributed by atoms with Crippen molar-refractivity contribution < 1.29 is 9.18 Å². The van der Waals surface area contributed by atoms with E-state index in [4.69, 9.17) is 0 Å². The molecule has 2 aliphatic rings. The third kappa shape index (κ3) is 1.46. The van der Waals surface area contributed by atoms with E-state index in [1.165, 1.54) is 6.07 Å². The summed E-state index contributed by atoms with van der Waals surface area (Å²) in [5.41, 5.74) is 0.445. The smallest absolute Gasteiger partial charge is 0.248 e. The van der Waals surface area contributed by atoms with Gasteiger partial charge in [-0.2, -0.15) is 0 Å². The maximum Gasteiger partial charge on any atom is 0.248 e. The molecule has 3 nitrogen and oxygen atoms in total. The Morgan fingerprint density at radius 3 is 2.78 bits per heavy atom. The number of aryl methyl sites for hydroxylation is 1. The van der Waals surface area contributed by atoms with Crippen LogP contribution in [-0.4, -0.2) is 16.9 Å². The van der Waals surface area contributed by atoms with E-state index in [1.54, 1.807) is 13.0 Å². The van der Waals surface area contributed by atoms with Gasteiger partial charge >= 0.3 is 0 Å². The Bertz CT molecular complexity index is 516. The van der Waals surface area contributed by atoms with E-state index in [0.717, 1.165) is 24.9 Å². The normalized spacial score (nSPS) is 25.2. The van der Waals surface area contributed by atoms with Crippen molar-refractivity contribution in [2.45, 2.75) is 37.2 Å². The maximum absolute atomic E-state index is 13.7. The first kappa shape index (κ1) is 11.8. The second kappa shape index (κ2) is 3.88. The van der Waals surface area contributed by atoms with E-state index < -0.39 is 5.54 Å². The molecular weight excluding hydrogens is 251 g/mol. The molecule has 1 saturated heterocycles. The topological polar surface area (TPSA) is 32.3 Å². The van der Waals surface area contributed by atoms with Crippen LogP contribution in [0.15, 0.2) is 18.2 Å². The third-order valence-electron chi connectivity index (χ3n) is 4.00. The first-order valence-corrected chi connectivity index (χ1v) is 6.61. The number of halogens is 1. The van der Waals surface area contributed by atoms with Gasteiger partial charge in [0, 0.05) is 5.69 Å². The van der Waals surface area contributed by atoms with Gasteiger partial charge in [0.05, 0.1) is 0 Å². The van der Waals surface area contributed by atoms with Gasteiger partial charge in [0.2, 0.25) is 5.91 Å². The summed E-state index contributed by atoms with van der Waals surface area (Å²) in [6.45, 7) is 1.73. The van der Waals surface area contributed by atoms with Crippen LogP contribution in [0.25, 0.3) is 0 Å². The SMILES string of the molecule is Cc1ccc(N2C(S)NC(=O)C23CCC3)cc1F. The van der Waals surface area contributed by atoms with Crippen molar-refractivity contribution in [3.05, 3.63) is 29.6 Å². The molecule has 1 amide bonds. The van der Waals surface area contributed by atoms with Crippen LogP contribution in [0.1, 0.15) is 24.8 Å². The average Bonchev–Trinajstić information content (AvgIpc) is 2.53. The Labute approximate surface area is 111 Å². The monoisotopic (exact) mass is 266 g/mol. The molecular formula is C13H15FN2OS. The highest BCUT2D eigenvalue weighted by molar-refractivity contribution is 7.81. The summed E-state index contributed by atoms with van der Waals surface area (Å²) in [4.78, 5) is 13.9. The number of nitrogens with one attached hydrogen (secondary N) is 1. The van der Waals surface area contributed by atoms with E-state index in [-0.39, 0.29) is 17.2 Å². The molecule has 1 atom stereocenters. The molecule has 3 rings (SSSR count). The standard InChI is InChI=1S/C13H15FN2OS/c1-8-3-4-9(7-10(8)14)16-12(18)15-11(17)13(16)5-2-6-13/h3-4,7,12,18H,2,5-6H2,1H3,(H,15,17). The predicted molar refractivity (Wildman–Crippen MR) is 71.1 cm³/mol. The molecule has 5 heteroatoms. The van der Waals surface area contributed by atoms with Crippen molar-refractivity contribution >= 4 is 24.2 Å². The average molecular weight is 266 g/mol. The lowest BCUT2D eigenvalue weighted by Gasteiger charge is -2.44. The van der Waals surface area contributed by atoms with Crippen molar-refractivity contribution in [1.82, 2.24) is 5.32 Å². The zero-order chi connectivity index (χ0) is 12.9. The molecule has 96 valence electrons. The van der Waals surface area contributed by atoms with E-state index >= 15 is 0 Å². The zero-order valence-electron chi connectivity index (χ0n) is 10.1. The highest BCUT2D eigenvalue weighted by Gasteiger charge is 2.56. The van der Waals surface area contributed by atoms with Crippen LogP contribution in [-0.2, 0) is 4.79 Å². The molecule has 1 aliphatic carbocycles. The first-order valence-electron chi connectivity index (χ1n) is 6.09. The largest absolute Gasteiger partial charge is 0.328 e. The Hall–Kier alpha value is -1.23. The summed E-state index contributed by atoms with van der Waals surface area (Å²) in [6.07, 6.45) is 2.65. The highest BCUT2D eigenvalue weighted by Crippen LogP contribution is 2.45. The third-order valence-corrected chi connectivity index (χ3v) is 4.36. The van der Waals surface area contributed by atoms with Gasteiger partial charge in [-0.3, -0.25) is 4.79 Å². The number of benzene rings is 1. The summed E-state index contributed by atoms with van der Waals surface area (Å²) < 4.78 is 13.7. The Morgan fingerprint density at radius 2 is 2.22 bits per heavy atom. The molecule has 18 heavy (non-hydrogen) atoms. The maximum atomic E-state index is 13.7. The van der Waals surface area contributed by atoms with Gasteiger partial charge in [-0.15, -0.1) is 12.6 Å². The number of amides is 1. The van der Waals surface area contributed by atoms with Gasteiger partial charge < -0.3 is 10.2 Å². The molecule has 1 aromatic rings. The number of thiol groups is 1. The Kier molecular flexibility index (Phi) is 2.55. The molecule has 1 heterocycles. The molecule has 2 fully saturated rings. The van der Waals surface area contributed by atoms with Gasteiger partial charge in [-0.1, -0.05) is 6.07 Å². The van der Waals surface area contributed by atoms with Crippen LogP contribution in [0.4, 0.5) is 10.1 Å². The number of hydrogen-bond donors (Lipinski definition) is 2. The van der Waals surface area contributed by atoms with E-state index in [1.807, 2.05) is 11.0 Å². The molecule has 1 N–H and O–H groups in total. The minimum atomic E-state index is -0.506. The van der Waals surface area contributed by atoms with Gasteiger partial charge in [0.1, 0.15) is 16.9 Å². The van der Waals surface area contributed by atoms with Crippen LogP contribution in [0.2, 0.25) is 0 Å². The van der Waals surface area contributed by atoms with Crippen LogP contribution in [0.3, 0.4) is 0 Å². The van der Waals surface area contributed by atoms with Gasteiger partial charge in [0.15, 0.2) is 0 Å². The van der Waals surface area contributed by atoms with Crippen molar-refractivity contribution in [1.29, 1.82) is 0 Å². The van der Waals surface area contributed by atoms with E-state index in [9.17, 15) is 9.18 Å². The highest BCUT2D eigenvalue weighted by atomic mass is 32.1. The number of anilines is 1. The minimum absolute atomic E-state index is 0.00901. The summed E-state index contributed by atoms with van der Waals surface area (Å²) in [6, 6.07) is 5.07. The quantitative estimate of drug-likeness (QED) is 0.764.